The van der Waals surface area contributed by atoms with Crippen LogP contribution in [0.2, 0.25) is 0 Å². The number of piperidine rings is 1. The van der Waals surface area contributed by atoms with E-state index in [2.05, 4.69) is 20.2 Å². The fraction of sp³-hybridized carbons (Fsp3) is 0.389. The highest BCUT2D eigenvalue weighted by Gasteiger charge is 2.21. The lowest BCUT2D eigenvalue weighted by Crippen LogP contribution is -2.42. The van der Waals surface area contributed by atoms with E-state index < -0.39 is 0 Å². The van der Waals surface area contributed by atoms with Crippen LogP contribution in [0.3, 0.4) is 0 Å². The van der Waals surface area contributed by atoms with Gasteiger partial charge in [-0.2, -0.15) is 10.2 Å². The molecule has 1 aliphatic heterocycles. The SMILES string of the molecule is CN(C)c1ccnc(NC2CCCN(c3cc(F)cc(C#N)c3)C2)n1. The van der Waals surface area contributed by atoms with Crippen molar-refractivity contribution in [3.8, 4) is 6.07 Å². The molecule has 1 atom stereocenters. The molecule has 2 aromatic rings. The Hall–Kier alpha value is -2.88. The molecule has 0 amide bonds. The third kappa shape index (κ3) is 4.15. The highest BCUT2D eigenvalue weighted by Crippen LogP contribution is 2.23. The Morgan fingerprint density at radius 3 is 2.96 bits per heavy atom. The van der Waals surface area contributed by atoms with Crippen LogP contribution in [0.25, 0.3) is 0 Å². The molecule has 25 heavy (non-hydrogen) atoms. The van der Waals surface area contributed by atoms with Gasteiger partial charge in [-0.3, -0.25) is 0 Å². The predicted molar refractivity (Wildman–Crippen MR) is 96.3 cm³/mol. The van der Waals surface area contributed by atoms with E-state index >= 15 is 0 Å². The normalized spacial score (nSPS) is 17.0. The van der Waals surface area contributed by atoms with Gasteiger partial charge < -0.3 is 15.1 Å². The minimum Gasteiger partial charge on any atom is -0.369 e. The van der Waals surface area contributed by atoms with Crippen molar-refractivity contribution in [3.05, 3.63) is 41.8 Å². The van der Waals surface area contributed by atoms with Gasteiger partial charge in [0.2, 0.25) is 5.95 Å². The van der Waals surface area contributed by atoms with E-state index in [1.165, 1.54) is 12.1 Å². The minimum absolute atomic E-state index is 0.167. The first kappa shape index (κ1) is 17.0. The third-order valence-electron chi connectivity index (χ3n) is 4.23. The number of nitrogens with one attached hydrogen (secondary N) is 1. The average Bonchev–Trinajstić information content (AvgIpc) is 2.61. The van der Waals surface area contributed by atoms with Crippen LogP contribution < -0.4 is 15.1 Å². The van der Waals surface area contributed by atoms with Crippen molar-refractivity contribution >= 4 is 17.5 Å². The fourth-order valence-electron chi connectivity index (χ4n) is 3.00. The molecule has 1 fully saturated rings. The molecule has 7 heteroatoms. The Morgan fingerprint density at radius 1 is 1.36 bits per heavy atom. The summed E-state index contributed by atoms with van der Waals surface area (Å²) >= 11 is 0. The molecule has 1 aliphatic rings. The van der Waals surface area contributed by atoms with Crippen molar-refractivity contribution in [2.24, 2.45) is 0 Å². The van der Waals surface area contributed by atoms with Gasteiger partial charge in [0.05, 0.1) is 11.6 Å². The van der Waals surface area contributed by atoms with E-state index in [9.17, 15) is 4.39 Å². The Bertz CT molecular complexity index is 785. The molecule has 1 aromatic heterocycles. The number of rotatable bonds is 4. The van der Waals surface area contributed by atoms with Gasteiger partial charge in [0.1, 0.15) is 11.6 Å². The van der Waals surface area contributed by atoms with Crippen molar-refractivity contribution in [1.82, 2.24) is 9.97 Å². The van der Waals surface area contributed by atoms with Gasteiger partial charge in [-0.05, 0) is 37.1 Å². The molecule has 1 aromatic carbocycles. The molecule has 0 spiro atoms. The van der Waals surface area contributed by atoms with Gasteiger partial charge in [0.25, 0.3) is 0 Å². The summed E-state index contributed by atoms with van der Waals surface area (Å²) in [5.41, 5.74) is 1.08. The number of hydrogen-bond acceptors (Lipinski definition) is 6. The summed E-state index contributed by atoms with van der Waals surface area (Å²) in [6, 6.07) is 8.49. The summed E-state index contributed by atoms with van der Waals surface area (Å²) in [6.07, 6.45) is 3.70. The van der Waals surface area contributed by atoms with Crippen LogP contribution in [-0.2, 0) is 0 Å². The number of halogens is 1. The smallest absolute Gasteiger partial charge is 0.224 e. The summed E-state index contributed by atoms with van der Waals surface area (Å²) in [4.78, 5) is 12.8. The van der Waals surface area contributed by atoms with E-state index in [1.54, 1.807) is 12.3 Å². The number of hydrogen-bond donors (Lipinski definition) is 1. The number of aromatic nitrogens is 2. The lowest BCUT2D eigenvalue weighted by molar-refractivity contribution is 0.526. The standard InChI is InChI=1S/C18H21FN6/c1-24(2)17-5-6-21-18(23-17)22-15-4-3-7-25(12-15)16-9-13(11-20)8-14(19)10-16/h5-6,8-10,15H,3-4,7,12H2,1-2H3,(H,21,22,23). The van der Waals surface area contributed by atoms with Crippen LogP contribution in [0.1, 0.15) is 18.4 Å². The molecule has 0 bridgehead atoms. The third-order valence-corrected chi connectivity index (χ3v) is 4.23. The van der Waals surface area contributed by atoms with Crippen LogP contribution in [0.4, 0.5) is 21.8 Å². The largest absolute Gasteiger partial charge is 0.369 e. The predicted octanol–water partition coefficient (Wildman–Crippen LogP) is 2.63. The van der Waals surface area contributed by atoms with Crippen LogP contribution in [-0.4, -0.2) is 43.2 Å². The topological polar surface area (TPSA) is 68.1 Å². The van der Waals surface area contributed by atoms with Crippen LogP contribution in [0, 0.1) is 17.1 Å². The van der Waals surface area contributed by atoms with E-state index in [-0.39, 0.29) is 11.9 Å². The second-order valence-electron chi connectivity index (χ2n) is 6.37. The van der Waals surface area contributed by atoms with Gasteiger partial charge in [-0.15, -0.1) is 0 Å². The maximum Gasteiger partial charge on any atom is 0.224 e. The average molecular weight is 340 g/mol. The molecular weight excluding hydrogens is 319 g/mol. The Balaban J connectivity index is 1.72. The molecule has 1 saturated heterocycles. The lowest BCUT2D eigenvalue weighted by atomic mass is 10.0. The summed E-state index contributed by atoms with van der Waals surface area (Å²) in [7, 11) is 3.87. The summed E-state index contributed by atoms with van der Waals surface area (Å²) in [5, 5.41) is 12.4. The maximum atomic E-state index is 13.7. The summed E-state index contributed by atoms with van der Waals surface area (Å²) in [5.74, 6) is 1.05. The van der Waals surface area contributed by atoms with E-state index in [0.29, 0.717) is 18.1 Å². The van der Waals surface area contributed by atoms with Crippen molar-refractivity contribution in [3.63, 3.8) is 0 Å². The number of benzene rings is 1. The fourth-order valence-corrected chi connectivity index (χ4v) is 3.00. The number of nitriles is 1. The Kier molecular flexibility index (Phi) is 4.98. The zero-order chi connectivity index (χ0) is 17.8. The molecule has 0 radical (unpaired) electrons. The van der Waals surface area contributed by atoms with Crippen molar-refractivity contribution in [2.75, 3.05) is 42.3 Å². The molecule has 0 aliphatic carbocycles. The molecule has 6 nitrogen and oxygen atoms in total. The first-order chi connectivity index (χ1) is 12.0. The van der Waals surface area contributed by atoms with Crippen LogP contribution in [0.5, 0.6) is 0 Å². The molecule has 1 N–H and O–H groups in total. The first-order valence-electron chi connectivity index (χ1n) is 8.27. The number of anilines is 3. The van der Waals surface area contributed by atoms with E-state index in [1.807, 2.05) is 31.1 Å². The van der Waals surface area contributed by atoms with Gasteiger partial charge in [-0.1, -0.05) is 0 Å². The second-order valence-corrected chi connectivity index (χ2v) is 6.37. The quantitative estimate of drug-likeness (QED) is 0.923. The van der Waals surface area contributed by atoms with Gasteiger partial charge >= 0.3 is 0 Å². The van der Waals surface area contributed by atoms with Gasteiger partial charge in [0, 0.05) is 45.1 Å². The zero-order valence-electron chi connectivity index (χ0n) is 14.4. The second kappa shape index (κ2) is 7.34. The Labute approximate surface area is 146 Å². The summed E-state index contributed by atoms with van der Waals surface area (Å²) < 4.78 is 13.7. The minimum atomic E-state index is -0.383. The maximum absolute atomic E-state index is 13.7. The Morgan fingerprint density at radius 2 is 2.20 bits per heavy atom. The molecule has 3 rings (SSSR count). The lowest BCUT2D eigenvalue weighted by Gasteiger charge is -2.35. The van der Waals surface area contributed by atoms with Gasteiger partial charge in [0.15, 0.2) is 0 Å². The van der Waals surface area contributed by atoms with Gasteiger partial charge in [-0.25, -0.2) is 9.37 Å². The van der Waals surface area contributed by atoms with Crippen molar-refractivity contribution in [1.29, 1.82) is 5.26 Å². The van der Waals surface area contributed by atoms with Crippen LogP contribution in [0.15, 0.2) is 30.5 Å². The van der Waals surface area contributed by atoms with Crippen LogP contribution >= 0.6 is 0 Å². The first-order valence-corrected chi connectivity index (χ1v) is 8.27. The molecular formula is C18H21FN6. The van der Waals surface area contributed by atoms with Crippen molar-refractivity contribution in [2.45, 2.75) is 18.9 Å². The zero-order valence-corrected chi connectivity index (χ0v) is 14.4. The van der Waals surface area contributed by atoms with Crippen molar-refractivity contribution < 1.29 is 4.39 Å². The molecule has 2 heterocycles. The summed E-state index contributed by atoms with van der Waals surface area (Å²) in [6.45, 7) is 1.55. The van der Waals surface area contributed by atoms with E-state index in [4.69, 9.17) is 5.26 Å². The van der Waals surface area contributed by atoms with E-state index in [0.717, 1.165) is 30.9 Å². The monoisotopic (exact) mass is 340 g/mol. The number of nitrogens with zero attached hydrogens (tertiary/aromatic N) is 5. The molecule has 1 unspecified atom stereocenters. The highest BCUT2D eigenvalue weighted by atomic mass is 19.1. The highest BCUT2D eigenvalue weighted by molar-refractivity contribution is 5.53. The molecule has 0 saturated carbocycles. The molecule has 130 valence electrons.